The number of aryl methyl sites for hydroxylation is 1. The number of halogens is 1. The zero-order valence-electron chi connectivity index (χ0n) is 16.6. The molecule has 1 aliphatic rings. The first-order valence-corrected chi connectivity index (χ1v) is 11.0. The number of hydrogen-bond donors (Lipinski definition) is 2. The van der Waals surface area contributed by atoms with Crippen molar-refractivity contribution in [1.82, 2.24) is 14.9 Å². The maximum absolute atomic E-state index is 13.2. The van der Waals surface area contributed by atoms with Gasteiger partial charge in [0, 0.05) is 17.1 Å². The molecule has 0 aliphatic carbocycles. The summed E-state index contributed by atoms with van der Waals surface area (Å²) in [6, 6.07) is 14.6. The molecule has 2 aromatic carbocycles. The van der Waals surface area contributed by atoms with Crippen molar-refractivity contribution >= 4 is 35.0 Å². The summed E-state index contributed by atoms with van der Waals surface area (Å²) in [7, 11) is 0. The molecule has 7 nitrogen and oxygen atoms in total. The first-order valence-electron chi connectivity index (χ1n) is 9.75. The molecule has 0 fully saturated rings. The Bertz CT molecular complexity index is 1040. The largest absolute Gasteiger partial charge is 0.494 e. The Morgan fingerprint density at radius 3 is 2.73 bits per heavy atom. The number of hydrogen-bond acceptors (Lipinski definition) is 6. The van der Waals surface area contributed by atoms with Crippen LogP contribution in [0.5, 0.6) is 5.75 Å². The van der Waals surface area contributed by atoms with Crippen molar-refractivity contribution < 1.29 is 9.53 Å². The zero-order chi connectivity index (χ0) is 21.1. The first kappa shape index (κ1) is 20.6. The predicted molar refractivity (Wildman–Crippen MR) is 119 cm³/mol. The van der Waals surface area contributed by atoms with Crippen molar-refractivity contribution in [3.63, 3.8) is 0 Å². The first-order chi connectivity index (χ1) is 14.6. The van der Waals surface area contributed by atoms with Gasteiger partial charge in [-0.2, -0.15) is 0 Å². The van der Waals surface area contributed by atoms with Gasteiger partial charge in [0.05, 0.1) is 12.6 Å². The van der Waals surface area contributed by atoms with Gasteiger partial charge in [0.2, 0.25) is 11.1 Å². The van der Waals surface area contributed by atoms with E-state index in [1.807, 2.05) is 48.9 Å². The van der Waals surface area contributed by atoms with Gasteiger partial charge in [0.15, 0.2) is 5.82 Å². The molecule has 1 aliphatic heterocycles. The summed E-state index contributed by atoms with van der Waals surface area (Å²) in [6.07, 6.45) is 0.732. The Kier molecular flexibility index (Phi) is 6.15. The minimum absolute atomic E-state index is 0.138. The lowest BCUT2D eigenvalue weighted by molar-refractivity contribution is -0.116. The van der Waals surface area contributed by atoms with Crippen LogP contribution in [-0.2, 0) is 11.2 Å². The Balaban J connectivity index is 1.65. The lowest BCUT2D eigenvalue weighted by atomic mass is 10.0. The minimum Gasteiger partial charge on any atom is -0.494 e. The molecular weight excluding hydrogens is 422 g/mol. The summed E-state index contributed by atoms with van der Waals surface area (Å²) in [4.78, 5) is 13.2. The maximum atomic E-state index is 13.2. The standard InChI is InChI=1S/C21H22ClN5O2S/c1-3-17-24-25-21-27(17)26-18(13-8-10-16(11-9-13)29-4-2)19(30-21)20(28)23-15-7-5-6-14(22)12-15/h5-12,18-19,26H,3-4H2,1-2H3,(H,23,28)/t18-,19-/m0/s1. The SMILES string of the molecule is CCOc1ccc([C@@H]2Nn3c(CC)nnc3S[C@@H]2C(=O)Nc2cccc(Cl)c2)cc1. The van der Waals surface area contributed by atoms with Crippen LogP contribution in [-0.4, -0.2) is 32.6 Å². The highest BCUT2D eigenvalue weighted by Gasteiger charge is 2.37. The highest BCUT2D eigenvalue weighted by atomic mass is 35.5. The monoisotopic (exact) mass is 443 g/mol. The van der Waals surface area contributed by atoms with Gasteiger partial charge in [0.25, 0.3) is 0 Å². The molecule has 2 atom stereocenters. The van der Waals surface area contributed by atoms with Crippen LogP contribution in [0.25, 0.3) is 0 Å². The van der Waals surface area contributed by atoms with Crippen molar-refractivity contribution in [2.45, 2.75) is 36.7 Å². The second-order valence-corrected chi connectivity index (χ2v) is 8.28. The molecule has 30 heavy (non-hydrogen) atoms. The second kappa shape index (κ2) is 8.97. The number of benzene rings is 2. The Morgan fingerprint density at radius 1 is 1.23 bits per heavy atom. The molecule has 0 bridgehead atoms. The third-order valence-corrected chi connectivity index (χ3v) is 6.17. The van der Waals surface area contributed by atoms with Crippen molar-refractivity contribution in [3.8, 4) is 5.75 Å². The molecule has 1 amide bonds. The highest BCUT2D eigenvalue weighted by molar-refractivity contribution is 8.00. The Labute approximate surface area is 184 Å². The predicted octanol–water partition coefficient (Wildman–Crippen LogP) is 4.29. The lowest BCUT2D eigenvalue weighted by Crippen LogP contribution is -2.41. The van der Waals surface area contributed by atoms with Crippen LogP contribution in [0, 0.1) is 0 Å². The molecule has 1 aromatic heterocycles. The van der Waals surface area contributed by atoms with Crippen LogP contribution in [0.15, 0.2) is 53.7 Å². The van der Waals surface area contributed by atoms with Crippen LogP contribution in [0.3, 0.4) is 0 Å². The van der Waals surface area contributed by atoms with Gasteiger partial charge in [-0.15, -0.1) is 10.2 Å². The number of nitrogens with zero attached hydrogens (tertiary/aromatic N) is 3. The van der Waals surface area contributed by atoms with Crippen LogP contribution < -0.4 is 15.5 Å². The number of fused-ring (bicyclic) bond motifs is 1. The third kappa shape index (κ3) is 4.24. The van der Waals surface area contributed by atoms with E-state index in [0.29, 0.717) is 22.5 Å². The molecule has 2 N–H and O–H groups in total. The molecule has 0 unspecified atom stereocenters. The molecule has 0 saturated heterocycles. The average Bonchev–Trinajstić information content (AvgIpc) is 3.16. The number of nitrogens with one attached hydrogen (secondary N) is 2. The van der Waals surface area contributed by atoms with E-state index < -0.39 is 5.25 Å². The van der Waals surface area contributed by atoms with Gasteiger partial charge < -0.3 is 15.5 Å². The number of aromatic nitrogens is 3. The summed E-state index contributed by atoms with van der Waals surface area (Å²) < 4.78 is 7.42. The Morgan fingerprint density at radius 2 is 2.03 bits per heavy atom. The topological polar surface area (TPSA) is 81.1 Å². The van der Waals surface area contributed by atoms with Crippen LogP contribution in [0.4, 0.5) is 5.69 Å². The number of thioether (sulfide) groups is 1. The second-order valence-electron chi connectivity index (χ2n) is 6.73. The van der Waals surface area contributed by atoms with E-state index in [1.54, 1.807) is 18.2 Å². The summed E-state index contributed by atoms with van der Waals surface area (Å²) in [5.74, 6) is 1.48. The zero-order valence-corrected chi connectivity index (χ0v) is 18.2. The summed E-state index contributed by atoms with van der Waals surface area (Å²) in [5, 5.41) is 12.2. The number of ether oxygens (including phenoxy) is 1. The summed E-state index contributed by atoms with van der Waals surface area (Å²) in [5.41, 5.74) is 5.06. The van der Waals surface area contributed by atoms with Gasteiger partial charge >= 0.3 is 0 Å². The third-order valence-electron chi connectivity index (χ3n) is 4.72. The van der Waals surface area contributed by atoms with Gasteiger partial charge in [0.1, 0.15) is 11.0 Å². The van der Waals surface area contributed by atoms with Crippen molar-refractivity contribution in [2.75, 3.05) is 17.3 Å². The fraction of sp³-hybridized carbons (Fsp3) is 0.286. The van der Waals surface area contributed by atoms with Crippen LogP contribution >= 0.6 is 23.4 Å². The normalized spacial score (nSPS) is 17.7. The number of carbonyl (C=O) groups excluding carboxylic acids is 1. The van der Waals surface area contributed by atoms with E-state index in [-0.39, 0.29) is 11.9 Å². The molecule has 2 heterocycles. The number of amides is 1. The van der Waals surface area contributed by atoms with E-state index in [4.69, 9.17) is 16.3 Å². The van der Waals surface area contributed by atoms with E-state index in [0.717, 1.165) is 23.6 Å². The van der Waals surface area contributed by atoms with Gasteiger partial charge in [-0.05, 0) is 42.8 Å². The quantitative estimate of drug-likeness (QED) is 0.591. The molecule has 156 valence electrons. The highest BCUT2D eigenvalue weighted by Crippen LogP contribution is 2.38. The summed E-state index contributed by atoms with van der Waals surface area (Å²) in [6.45, 7) is 4.57. The Hall–Kier alpha value is -2.71. The fourth-order valence-electron chi connectivity index (χ4n) is 3.30. The number of anilines is 1. The van der Waals surface area contributed by atoms with E-state index in [1.165, 1.54) is 11.8 Å². The number of rotatable bonds is 6. The van der Waals surface area contributed by atoms with Gasteiger partial charge in [-0.1, -0.05) is 48.5 Å². The molecule has 9 heteroatoms. The lowest BCUT2D eigenvalue weighted by Gasteiger charge is -2.33. The van der Waals surface area contributed by atoms with E-state index >= 15 is 0 Å². The van der Waals surface area contributed by atoms with E-state index in [2.05, 4.69) is 20.9 Å². The average molecular weight is 444 g/mol. The maximum Gasteiger partial charge on any atom is 0.240 e. The van der Waals surface area contributed by atoms with Crippen molar-refractivity contribution in [3.05, 3.63) is 64.9 Å². The van der Waals surface area contributed by atoms with Crippen molar-refractivity contribution in [2.24, 2.45) is 0 Å². The van der Waals surface area contributed by atoms with Crippen LogP contribution in [0.1, 0.15) is 31.3 Å². The van der Waals surface area contributed by atoms with Gasteiger partial charge in [-0.3, -0.25) is 4.79 Å². The molecule has 0 saturated carbocycles. The molecule has 3 aromatic rings. The molecular formula is C21H22ClN5O2S. The molecule has 0 spiro atoms. The summed E-state index contributed by atoms with van der Waals surface area (Å²) >= 11 is 7.46. The minimum atomic E-state index is -0.455. The van der Waals surface area contributed by atoms with E-state index in [9.17, 15) is 4.79 Å². The molecule has 4 rings (SSSR count). The molecule has 0 radical (unpaired) electrons. The van der Waals surface area contributed by atoms with Crippen LogP contribution in [0.2, 0.25) is 5.02 Å². The number of carbonyl (C=O) groups is 1. The fourth-order valence-corrected chi connectivity index (χ4v) is 4.58. The van der Waals surface area contributed by atoms with Gasteiger partial charge in [-0.25, -0.2) is 4.68 Å². The smallest absolute Gasteiger partial charge is 0.240 e. The van der Waals surface area contributed by atoms with Crippen molar-refractivity contribution in [1.29, 1.82) is 0 Å².